The van der Waals surface area contributed by atoms with Gasteiger partial charge in [-0.2, -0.15) is 13.2 Å². The number of carbonyl (C=O) groups is 1. The molecule has 2 aliphatic rings. The molecule has 1 aliphatic heterocycles. The van der Waals surface area contributed by atoms with E-state index in [1.54, 1.807) is 0 Å². The van der Waals surface area contributed by atoms with Crippen LogP contribution >= 0.6 is 24.8 Å². The van der Waals surface area contributed by atoms with Crippen LogP contribution in [0.2, 0.25) is 0 Å². The van der Waals surface area contributed by atoms with Crippen molar-refractivity contribution in [2.45, 2.75) is 64.3 Å². The van der Waals surface area contributed by atoms with Gasteiger partial charge >= 0.3 is 6.18 Å². The summed E-state index contributed by atoms with van der Waals surface area (Å²) in [5.74, 6) is 0.187. The van der Waals surface area contributed by atoms with Crippen molar-refractivity contribution in [3.63, 3.8) is 0 Å². The zero-order valence-electron chi connectivity index (χ0n) is 16.8. The molecule has 0 bridgehead atoms. The second-order valence-corrected chi connectivity index (χ2v) is 8.22. The zero-order chi connectivity index (χ0) is 19.6. The molecule has 168 valence electrons. The Kier molecular flexibility index (Phi) is 10.6. The Hall–Kier alpha value is -0.280. The Balaban J connectivity index is 0.00000364. The lowest BCUT2D eigenvalue weighted by atomic mass is 9.54. The van der Waals surface area contributed by atoms with Crippen LogP contribution in [-0.2, 0) is 9.53 Å². The topological polar surface area (TPSA) is 67.6 Å². The standard InChI is InChI=1S/C18H32F3N3O2.2ClH/c1-4-26-14-11-17(22,16(14,2)3)15(25)23-8-5-13-6-9-24(10-7-13)12-18(19,20)21;;/h13-14H,4-12,22H2,1-3H3,(H,23,25);2*1H. The third kappa shape index (κ3) is 6.36. The minimum atomic E-state index is -4.13. The van der Waals surface area contributed by atoms with Crippen molar-refractivity contribution >= 4 is 30.7 Å². The summed E-state index contributed by atoms with van der Waals surface area (Å²) < 4.78 is 42.9. The van der Waals surface area contributed by atoms with E-state index >= 15 is 0 Å². The molecule has 0 radical (unpaired) electrons. The summed E-state index contributed by atoms with van der Waals surface area (Å²) in [6.45, 7) is 7.02. The fraction of sp³-hybridized carbons (Fsp3) is 0.944. The Morgan fingerprint density at radius 2 is 1.82 bits per heavy atom. The van der Waals surface area contributed by atoms with Crippen molar-refractivity contribution in [3.8, 4) is 0 Å². The molecule has 2 unspecified atom stereocenters. The highest BCUT2D eigenvalue weighted by molar-refractivity contribution is 5.88. The van der Waals surface area contributed by atoms with Crippen molar-refractivity contribution in [2.75, 3.05) is 32.8 Å². The molecule has 3 N–H and O–H groups in total. The van der Waals surface area contributed by atoms with Gasteiger partial charge in [0.1, 0.15) is 5.54 Å². The van der Waals surface area contributed by atoms with Crippen LogP contribution in [0.4, 0.5) is 13.2 Å². The molecule has 1 heterocycles. The highest BCUT2D eigenvalue weighted by Crippen LogP contribution is 2.49. The number of hydrogen-bond donors (Lipinski definition) is 2. The average molecular weight is 452 g/mol. The quantitative estimate of drug-likeness (QED) is 0.623. The first-order valence-electron chi connectivity index (χ1n) is 9.47. The Labute approximate surface area is 178 Å². The number of hydrogen-bond acceptors (Lipinski definition) is 4. The number of amides is 1. The van der Waals surface area contributed by atoms with E-state index in [2.05, 4.69) is 5.32 Å². The summed E-state index contributed by atoms with van der Waals surface area (Å²) in [6.07, 6.45) is -1.39. The van der Waals surface area contributed by atoms with Gasteiger partial charge in [0, 0.05) is 25.0 Å². The lowest BCUT2D eigenvalue weighted by Crippen LogP contribution is -2.75. The number of rotatable bonds is 7. The number of carbonyl (C=O) groups excluding carboxylic acids is 1. The van der Waals surface area contributed by atoms with E-state index in [4.69, 9.17) is 10.5 Å². The van der Waals surface area contributed by atoms with Gasteiger partial charge in [-0.25, -0.2) is 0 Å². The van der Waals surface area contributed by atoms with Crippen LogP contribution in [0.1, 0.15) is 46.5 Å². The van der Waals surface area contributed by atoms with E-state index in [1.165, 1.54) is 4.90 Å². The van der Waals surface area contributed by atoms with E-state index in [1.807, 2.05) is 20.8 Å². The van der Waals surface area contributed by atoms with Gasteiger partial charge in [0.2, 0.25) is 5.91 Å². The largest absolute Gasteiger partial charge is 0.401 e. The summed E-state index contributed by atoms with van der Waals surface area (Å²) in [7, 11) is 0. The molecule has 2 atom stereocenters. The highest BCUT2D eigenvalue weighted by atomic mass is 35.5. The van der Waals surface area contributed by atoms with E-state index in [9.17, 15) is 18.0 Å². The molecule has 2 rings (SSSR count). The van der Waals surface area contributed by atoms with Gasteiger partial charge in [-0.3, -0.25) is 9.69 Å². The van der Waals surface area contributed by atoms with Crippen LogP contribution < -0.4 is 11.1 Å². The molecular formula is C18H34Cl2F3N3O2. The first kappa shape index (κ1) is 27.7. The number of nitrogens with two attached hydrogens (primary N) is 1. The Morgan fingerprint density at radius 3 is 2.29 bits per heavy atom. The number of ether oxygens (including phenoxy) is 1. The number of halogens is 5. The molecule has 10 heteroatoms. The van der Waals surface area contributed by atoms with Crippen LogP contribution in [0, 0.1) is 11.3 Å². The Bertz CT molecular complexity index is 501. The third-order valence-corrected chi connectivity index (χ3v) is 6.18. The maximum Gasteiger partial charge on any atom is 0.401 e. The summed E-state index contributed by atoms with van der Waals surface area (Å²) in [5.41, 5.74) is 4.99. The molecule has 0 aromatic carbocycles. The predicted octanol–water partition coefficient (Wildman–Crippen LogP) is 3.14. The molecule has 1 saturated heterocycles. The van der Waals surface area contributed by atoms with Crippen molar-refractivity contribution in [2.24, 2.45) is 17.1 Å². The number of piperidine rings is 1. The molecular weight excluding hydrogens is 418 g/mol. The maximum absolute atomic E-state index is 12.5. The second kappa shape index (κ2) is 10.7. The molecule has 0 aromatic heterocycles. The molecule has 0 spiro atoms. The van der Waals surface area contributed by atoms with Crippen molar-refractivity contribution in [1.82, 2.24) is 10.2 Å². The van der Waals surface area contributed by atoms with Gasteiger partial charge in [0.25, 0.3) is 0 Å². The molecule has 5 nitrogen and oxygen atoms in total. The van der Waals surface area contributed by atoms with Crippen molar-refractivity contribution in [3.05, 3.63) is 0 Å². The second-order valence-electron chi connectivity index (χ2n) is 8.22. The fourth-order valence-electron chi connectivity index (χ4n) is 4.05. The molecule has 2 fully saturated rings. The van der Waals surface area contributed by atoms with Gasteiger partial charge < -0.3 is 15.8 Å². The van der Waals surface area contributed by atoms with E-state index in [0.29, 0.717) is 38.6 Å². The van der Waals surface area contributed by atoms with Gasteiger partial charge in [-0.05, 0) is 45.2 Å². The van der Waals surface area contributed by atoms with Crippen LogP contribution in [0.15, 0.2) is 0 Å². The van der Waals surface area contributed by atoms with Crippen LogP contribution in [0.25, 0.3) is 0 Å². The number of nitrogens with zero attached hydrogens (tertiary/aromatic N) is 1. The monoisotopic (exact) mass is 451 g/mol. The molecule has 1 saturated carbocycles. The number of alkyl halides is 3. The minimum absolute atomic E-state index is 0. The van der Waals surface area contributed by atoms with Gasteiger partial charge in [0.05, 0.1) is 12.6 Å². The van der Waals surface area contributed by atoms with Crippen LogP contribution in [0.5, 0.6) is 0 Å². The lowest BCUT2D eigenvalue weighted by Gasteiger charge is -2.57. The highest BCUT2D eigenvalue weighted by Gasteiger charge is 2.62. The Morgan fingerprint density at radius 1 is 1.25 bits per heavy atom. The molecule has 0 aromatic rings. The fourth-order valence-corrected chi connectivity index (χ4v) is 4.05. The van der Waals surface area contributed by atoms with Gasteiger partial charge in [-0.15, -0.1) is 24.8 Å². The van der Waals surface area contributed by atoms with Crippen LogP contribution in [-0.4, -0.2) is 61.4 Å². The molecule has 1 aliphatic carbocycles. The molecule has 28 heavy (non-hydrogen) atoms. The summed E-state index contributed by atoms with van der Waals surface area (Å²) in [4.78, 5) is 14.0. The normalized spacial score (nSPS) is 27.9. The predicted molar refractivity (Wildman–Crippen MR) is 108 cm³/mol. The summed E-state index contributed by atoms with van der Waals surface area (Å²) in [6, 6.07) is 0. The first-order valence-corrected chi connectivity index (χ1v) is 9.47. The number of likely N-dealkylation sites (tertiary alicyclic amines) is 1. The smallest absolute Gasteiger partial charge is 0.378 e. The van der Waals surface area contributed by atoms with Crippen molar-refractivity contribution < 1.29 is 22.7 Å². The summed E-state index contributed by atoms with van der Waals surface area (Å²) >= 11 is 0. The van der Waals surface area contributed by atoms with Crippen molar-refractivity contribution in [1.29, 1.82) is 0 Å². The van der Waals surface area contributed by atoms with Crippen LogP contribution in [0.3, 0.4) is 0 Å². The SMILES string of the molecule is CCOC1CC(N)(C(=O)NCCC2CCN(CC(F)(F)F)CC2)C1(C)C.Cl.Cl. The maximum atomic E-state index is 12.5. The first-order chi connectivity index (χ1) is 12.0. The molecule has 1 amide bonds. The van der Waals surface area contributed by atoms with Gasteiger partial charge in [0.15, 0.2) is 0 Å². The van der Waals surface area contributed by atoms with E-state index in [0.717, 1.165) is 19.3 Å². The summed E-state index contributed by atoms with van der Waals surface area (Å²) in [5, 5.41) is 2.93. The number of nitrogens with one attached hydrogen (secondary N) is 1. The third-order valence-electron chi connectivity index (χ3n) is 6.18. The van der Waals surface area contributed by atoms with Gasteiger partial charge in [-0.1, -0.05) is 13.8 Å². The zero-order valence-corrected chi connectivity index (χ0v) is 18.4. The average Bonchev–Trinajstić information content (AvgIpc) is 2.54. The minimum Gasteiger partial charge on any atom is -0.378 e. The van der Waals surface area contributed by atoms with E-state index < -0.39 is 23.7 Å². The van der Waals surface area contributed by atoms with E-state index in [-0.39, 0.29) is 36.8 Å². The lowest BCUT2D eigenvalue weighted by molar-refractivity contribution is -0.170.